The van der Waals surface area contributed by atoms with Gasteiger partial charge in [0.05, 0.1) is 41.3 Å². The number of hydrogen-bond donors (Lipinski definition) is 2. The Balaban J connectivity index is 1.53. The number of nitrogens with two attached hydrogens (primary N) is 1. The number of amides is 1. The van der Waals surface area contributed by atoms with Gasteiger partial charge in [0, 0.05) is 17.1 Å². The second-order valence-electron chi connectivity index (χ2n) is 8.78. The summed E-state index contributed by atoms with van der Waals surface area (Å²) >= 11 is 0. The van der Waals surface area contributed by atoms with E-state index in [4.69, 9.17) is 5.73 Å². The first kappa shape index (κ1) is 22.8. The van der Waals surface area contributed by atoms with Crippen LogP contribution in [0.1, 0.15) is 57.3 Å². The van der Waals surface area contributed by atoms with Crippen molar-refractivity contribution >= 4 is 22.6 Å². The van der Waals surface area contributed by atoms with E-state index in [1.807, 2.05) is 13.0 Å². The van der Waals surface area contributed by atoms with Crippen LogP contribution in [0.2, 0.25) is 0 Å². The molecule has 4 aromatic rings. The standard InChI is InChI=1S/C25H23F3N6O/c1-14-9-17-10-15(5-8-20(17)32-23(14)29)24(35)34(21-4-2-3-16-11-31-33-22(16)21)13-19-7-6-18(12-30-19)25(26,27)28/h5-12,21H,2-4,13H2,1H3,(H2,29,32)(H,31,33). The number of alkyl halides is 3. The van der Waals surface area contributed by atoms with Gasteiger partial charge in [-0.3, -0.25) is 14.9 Å². The van der Waals surface area contributed by atoms with E-state index in [2.05, 4.69) is 20.2 Å². The topological polar surface area (TPSA) is 101 Å². The second kappa shape index (κ2) is 8.68. The number of hydrogen-bond acceptors (Lipinski definition) is 5. The molecule has 0 radical (unpaired) electrons. The molecule has 3 aromatic heterocycles. The molecule has 0 spiro atoms. The zero-order valence-corrected chi connectivity index (χ0v) is 18.9. The van der Waals surface area contributed by atoms with Crippen molar-refractivity contribution in [3.63, 3.8) is 0 Å². The van der Waals surface area contributed by atoms with Crippen molar-refractivity contribution in [2.24, 2.45) is 0 Å². The Bertz CT molecular complexity index is 1400. The predicted molar refractivity (Wildman–Crippen MR) is 124 cm³/mol. The molecular formula is C25H23F3N6O. The number of carbonyl (C=O) groups is 1. The van der Waals surface area contributed by atoms with Crippen molar-refractivity contribution in [2.75, 3.05) is 5.73 Å². The van der Waals surface area contributed by atoms with Gasteiger partial charge in [-0.1, -0.05) is 0 Å². The summed E-state index contributed by atoms with van der Waals surface area (Å²) in [5.74, 6) is 0.177. The molecule has 0 bridgehead atoms. The summed E-state index contributed by atoms with van der Waals surface area (Å²) in [4.78, 5) is 23.9. The Kier molecular flexibility index (Phi) is 5.66. The van der Waals surface area contributed by atoms with E-state index in [0.717, 1.165) is 47.3 Å². The lowest BCUT2D eigenvalue weighted by atomic mass is 9.92. The van der Waals surface area contributed by atoms with Crippen molar-refractivity contribution < 1.29 is 18.0 Å². The Morgan fingerprint density at radius 3 is 2.77 bits per heavy atom. The number of anilines is 1. The van der Waals surface area contributed by atoms with E-state index in [0.29, 0.717) is 29.0 Å². The fourth-order valence-corrected chi connectivity index (χ4v) is 4.53. The molecule has 1 aliphatic rings. The molecule has 1 amide bonds. The molecule has 3 heterocycles. The van der Waals surface area contributed by atoms with Crippen LogP contribution in [0, 0.1) is 6.92 Å². The summed E-state index contributed by atoms with van der Waals surface area (Å²) in [6.45, 7) is 1.90. The third-order valence-electron chi connectivity index (χ3n) is 6.42. The highest BCUT2D eigenvalue weighted by Crippen LogP contribution is 2.35. The molecule has 5 rings (SSSR count). The number of aromatic nitrogens is 4. The summed E-state index contributed by atoms with van der Waals surface area (Å²) in [6.07, 6.45) is 0.500. The van der Waals surface area contributed by atoms with E-state index in [9.17, 15) is 18.0 Å². The average molecular weight is 480 g/mol. The van der Waals surface area contributed by atoms with Gasteiger partial charge in [0.15, 0.2) is 0 Å². The zero-order valence-electron chi connectivity index (χ0n) is 18.9. The average Bonchev–Trinajstić information content (AvgIpc) is 3.32. The summed E-state index contributed by atoms with van der Waals surface area (Å²) in [7, 11) is 0. The van der Waals surface area contributed by atoms with Crippen molar-refractivity contribution in [2.45, 2.75) is 44.9 Å². The number of H-pyrrole nitrogens is 1. The smallest absolute Gasteiger partial charge is 0.383 e. The number of fused-ring (bicyclic) bond motifs is 2. The lowest BCUT2D eigenvalue weighted by Crippen LogP contribution is -2.36. The van der Waals surface area contributed by atoms with E-state index < -0.39 is 11.7 Å². The largest absolute Gasteiger partial charge is 0.417 e. The fourth-order valence-electron chi connectivity index (χ4n) is 4.53. The molecule has 3 N–H and O–H groups in total. The lowest BCUT2D eigenvalue weighted by molar-refractivity contribution is -0.137. The van der Waals surface area contributed by atoms with Gasteiger partial charge in [0.2, 0.25) is 0 Å². The maximum atomic E-state index is 13.8. The summed E-state index contributed by atoms with van der Waals surface area (Å²) in [5, 5.41) is 7.94. The van der Waals surface area contributed by atoms with Gasteiger partial charge in [-0.15, -0.1) is 0 Å². The molecule has 0 saturated carbocycles. The van der Waals surface area contributed by atoms with Crippen LogP contribution in [0.3, 0.4) is 0 Å². The number of carbonyl (C=O) groups excluding carboxylic acids is 1. The number of aryl methyl sites for hydroxylation is 2. The van der Waals surface area contributed by atoms with Gasteiger partial charge in [-0.05, 0) is 73.7 Å². The lowest BCUT2D eigenvalue weighted by Gasteiger charge is -2.34. The molecule has 0 aliphatic heterocycles. The van der Waals surface area contributed by atoms with Crippen LogP contribution in [-0.4, -0.2) is 31.0 Å². The number of benzene rings is 1. The van der Waals surface area contributed by atoms with Gasteiger partial charge < -0.3 is 10.6 Å². The number of nitrogen functional groups attached to an aromatic ring is 1. The van der Waals surface area contributed by atoms with Crippen molar-refractivity contribution in [3.8, 4) is 0 Å². The highest BCUT2D eigenvalue weighted by atomic mass is 19.4. The van der Waals surface area contributed by atoms with Gasteiger partial charge in [0.25, 0.3) is 5.91 Å². The van der Waals surface area contributed by atoms with E-state index in [-0.39, 0.29) is 18.5 Å². The molecular weight excluding hydrogens is 457 g/mol. The summed E-state index contributed by atoms with van der Waals surface area (Å²) < 4.78 is 39.0. The maximum Gasteiger partial charge on any atom is 0.417 e. The molecule has 10 heteroatoms. The van der Waals surface area contributed by atoms with Crippen LogP contribution in [0.5, 0.6) is 0 Å². The number of pyridine rings is 2. The van der Waals surface area contributed by atoms with Crippen molar-refractivity contribution in [3.05, 3.63) is 82.4 Å². The zero-order chi connectivity index (χ0) is 24.7. The van der Waals surface area contributed by atoms with Gasteiger partial charge in [-0.25, -0.2) is 4.98 Å². The first-order chi connectivity index (χ1) is 16.7. The minimum atomic E-state index is -4.48. The third kappa shape index (κ3) is 4.43. The molecule has 0 fully saturated rings. The normalized spacial score (nSPS) is 15.7. The Morgan fingerprint density at radius 2 is 2.03 bits per heavy atom. The van der Waals surface area contributed by atoms with Crippen LogP contribution in [0.4, 0.5) is 19.0 Å². The van der Waals surface area contributed by atoms with E-state index >= 15 is 0 Å². The highest BCUT2D eigenvalue weighted by Gasteiger charge is 2.33. The number of nitrogens with one attached hydrogen (secondary N) is 1. The molecule has 180 valence electrons. The van der Waals surface area contributed by atoms with Gasteiger partial charge >= 0.3 is 6.18 Å². The minimum absolute atomic E-state index is 0.0527. The fraction of sp³-hybridized carbons (Fsp3) is 0.280. The van der Waals surface area contributed by atoms with Gasteiger partial charge in [-0.2, -0.15) is 18.3 Å². The molecule has 1 aliphatic carbocycles. The van der Waals surface area contributed by atoms with E-state index in [1.165, 1.54) is 6.07 Å². The van der Waals surface area contributed by atoms with Crippen LogP contribution < -0.4 is 5.73 Å². The maximum absolute atomic E-state index is 13.8. The number of rotatable bonds is 4. The SMILES string of the molecule is Cc1cc2cc(C(=O)N(Cc3ccc(C(F)(F)F)cn3)C3CCCc4cn[nH]c43)ccc2nc1N. The van der Waals surface area contributed by atoms with Gasteiger partial charge in [0.1, 0.15) is 5.82 Å². The number of aromatic amines is 1. The van der Waals surface area contributed by atoms with E-state index in [1.54, 1.807) is 29.3 Å². The highest BCUT2D eigenvalue weighted by molar-refractivity contribution is 5.98. The van der Waals surface area contributed by atoms with Crippen LogP contribution in [0.25, 0.3) is 10.9 Å². The number of halogens is 3. The molecule has 1 atom stereocenters. The first-order valence-corrected chi connectivity index (χ1v) is 11.2. The van der Waals surface area contributed by atoms with Crippen molar-refractivity contribution in [1.82, 2.24) is 25.1 Å². The monoisotopic (exact) mass is 480 g/mol. The number of nitrogens with zero attached hydrogens (tertiary/aromatic N) is 4. The van der Waals surface area contributed by atoms with Crippen LogP contribution in [-0.2, 0) is 19.1 Å². The predicted octanol–water partition coefficient (Wildman–Crippen LogP) is 4.98. The summed E-state index contributed by atoms with van der Waals surface area (Å²) in [6, 6.07) is 9.08. The molecule has 1 aromatic carbocycles. The van der Waals surface area contributed by atoms with Crippen molar-refractivity contribution in [1.29, 1.82) is 0 Å². The summed E-state index contributed by atoms with van der Waals surface area (Å²) in [5.41, 5.74) is 9.26. The first-order valence-electron chi connectivity index (χ1n) is 11.2. The molecule has 1 unspecified atom stereocenters. The molecule has 0 saturated heterocycles. The molecule has 35 heavy (non-hydrogen) atoms. The Morgan fingerprint density at radius 1 is 1.20 bits per heavy atom. The van der Waals surface area contributed by atoms with Crippen LogP contribution in [0.15, 0.2) is 48.8 Å². The minimum Gasteiger partial charge on any atom is -0.383 e. The van der Waals surface area contributed by atoms with Crippen LogP contribution >= 0.6 is 0 Å². The molecule has 7 nitrogen and oxygen atoms in total. The second-order valence-corrected chi connectivity index (χ2v) is 8.78. The quantitative estimate of drug-likeness (QED) is 0.429. The Labute approximate surface area is 199 Å². The third-order valence-corrected chi connectivity index (χ3v) is 6.42. The Hall–Kier alpha value is -3.95.